The van der Waals surface area contributed by atoms with Crippen LogP contribution in [0.4, 0.5) is 26.2 Å². The molecule has 3 aromatic carbocycles. The highest BCUT2D eigenvalue weighted by molar-refractivity contribution is 7.85. The van der Waals surface area contributed by atoms with E-state index in [-0.39, 0.29) is 79.8 Å². The summed E-state index contributed by atoms with van der Waals surface area (Å²) in [7, 11) is -4.51. The molecule has 98 heavy (non-hydrogen) atoms. The lowest BCUT2D eigenvalue weighted by atomic mass is 9.39. The van der Waals surface area contributed by atoms with Crippen molar-refractivity contribution in [2.45, 2.75) is 149 Å². The number of nitrogens with one attached hydrogen (secondary N) is 5. The van der Waals surface area contributed by atoms with Gasteiger partial charge in [-0.05, 0) is 152 Å². The molecule has 4 fully saturated rings. The molecular weight excluding hydrogens is 1300 g/mol. The molecule has 4 heterocycles. The van der Waals surface area contributed by atoms with Gasteiger partial charge in [0, 0.05) is 73.8 Å². The van der Waals surface area contributed by atoms with Crippen LogP contribution in [0.15, 0.2) is 85.1 Å². The number of amides is 7. The molecule has 1 aliphatic heterocycles. The topological polar surface area (TPSA) is 412 Å². The molecule has 30 heteroatoms. The van der Waals surface area contributed by atoms with Gasteiger partial charge in [0.15, 0.2) is 10.8 Å². The molecule has 5 aliphatic rings. The molecule has 4 bridgehead atoms. The van der Waals surface area contributed by atoms with Crippen LogP contribution in [0, 0.1) is 29.1 Å². The second-order valence-corrected chi connectivity index (χ2v) is 30.3. The zero-order valence-electron chi connectivity index (χ0n) is 55.4. The molecular formula is C68H85N13O15S2. The lowest BCUT2D eigenvalue weighted by Crippen LogP contribution is -2.64. The number of hydrogen-bond acceptors (Lipinski definition) is 18. The maximum absolute atomic E-state index is 13.9. The molecule has 12 N–H and O–H groups in total. The van der Waals surface area contributed by atoms with E-state index >= 15 is 0 Å². The molecule has 4 saturated carbocycles. The number of benzene rings is 3. The Labute approximate surface area is 571 Å². The summed E-state index contributed by atoms with van der Waals surface area (Å²) < 4.78 is 49.5. The summed E-state index contributed by atoms with van der Waals surface area (Å²) in [4.78, 5) is 116. The summed E-state index contributed by atoms with van der Waals surface area (Å²) in [5, 5.41) is 38.6. The number of para-hydroxylation sites is 1. The van der Waals surface area contributed by atoms with Crippen LogP contribution >= 0.6 is 11.3 Å². The normalized spacial score (nSPS) is 21.0. The zero-order valence-corrected chi connectivity index (χ0v) is 57.1. The van der Waals surface area contributed by atoms with Crippen LogP contribution in [0.25, 0.3) is 21.3 Å². The van der Waals surface area contributed by atoms with Gasteiger partial charge in [0.2, 0.25) is 17.7 Å². The molecule has 6 aromatic rings. The number of hydrogen-bond donors (Lipinski definition) is 10. The third-order valence-corrected chi connectivity index (χ3v) is 20.7. The van der Waals surface area contributed by atoms with Gasteiger partial charge in [-0.2, -0.15) is 13.5 Å². The highest BCUT2D eigenvalue weighted by atomic mass is 32.2. The van der Waals surface area contributed by atoms with Gasteiger partial charge in [-0.25, -0.2) is 24.4 Å². The first kappa shape index (κ1) is 71.7. The van der Waals surface area contributed by atoms with Gasteiger partial charge in [0.1, 0.15) is 24.5 Å². The number of primary amides is 1. The number of aromatic carboxylic acids is 1. The van der Waals surface area contributed by atoms with Gasteiger partial charge in [0.25, 0.3) is 16.0 Å². The maximum atomic E-state index is 13.9. The number of aromatic nitrogens is 4. The number of ether oxygens (including phenoxy) is 2. The first-order valence-corrected chi connectivity index (χ1v) is 35.1. The molecule has 28 nitrogen and oxygen atoms in total. The zero-order chi connectivity index (χ0) is 70.5. The van der Waals surface area contributed by atoms with Crippen LogP contribution in [0.5, 0.6) is 0 Å². The molecule has 2 unspecified atom stereocenters. The van der Waals surface area contributed by atoms with Crippen molar-refractivity contribution in [3.63, 3.8) is 0 Å². The molecule has 3 aromatic heterocycles. The standard InChI is InChI=1S/C68H85N13O15S2/c1-40(2)55(77-58(85)49(69)20-22-54(82)83)60(87)74-51(13-9-24-71-62(70)90)59(86)73-44-17-15-42(16-18-44)32-95-64(91)79(27-29-98(92,93)94)26-28-96-68-36-65(4)33-66(5,37-68)35-67(34-65,38-68)39-81-41(3)47(30-72-81)45-19-21-53(76-56(45)61(88)89)80-25-23-43-10-8-11-46(48(43)31-80)57(84)78-63-75-50-12-6-7-14-52(50)97-63/h6-8,10-12,14-19,21,30,40,49,51,55H,9,13,20,22-29,31-39,69H2,1-5H3,(H,73,86)(H,74,87)(H,77,85)(H,82,83)(H,88,89)(H3,70,71,90)(H,75,78,84)(H,92,93,94)/t49-,51-,55-,65?,66?,67?,68?/m0/s1. The van der Waals surface area contributed by atoms with Crippen LogP contribution in [0.3, 0.4) is 0 Å². The minimum atomic E-state index is -4.51. The number of aliphatic carboxylic acids is 1. The van der Waals surface area contributed by atoms with Crippen molar-refractivity contribution in [3.8, 4) is 11.1 Å². The minimum Gasteiger partial charge on any atom is -0.481 e. The number of carboxylic acids is 2. The van der Waals surface area contributed by atoms with Gasteiger partial charge in [0.05, 0.1) is 40.4 Å². The molecule has 0 spiro atoms. The molecule has 0 saturated heterocycles. The summed E-state index contributed by atoms with van der Waals surface area (Å²) in [5.74, 6) is -5.51. The summed E-state index contributed by atoms with van der Waals surface area (Å²) >= 11 is 1.40. The van der Waals surface area contributed by atoms with Crippen molar-refractivity contribution in [3.05, 3.63) is 119 Å². The van der Waals surface area contributed by atoms with E-state index in [9.17, 15) is 56.4 Å². The van der Waals surface area contributed by atoms with Crippen molar-refractivity contribution in [1.29, 1.82) is 0 Å². The molecule has 7 amide bonds. The monoisotopic (exact) mass is 1390 g/mol. The number of rotatable bonds is 30. The molecule has 0 radical (unpaired) electrons. The van der Waals surface area contributed by atoms with Gasteiger partial charge < -0.3 is 62.2 Å². The first-order chi connectivity index (χ1) is 46.4. The van der Waals surface area contributed by atoms with Crippen molar-refractivity contribution in [1.82, 2.24) is 40.6 Å². The number of nitrogens with zero attached hydrogens (tertiary/aromatic N) is 6. The predicted molar refractivity (Wildman–Crippen MR) is 365 cm³/mol. The molecule has 524 valence electrons. The smallest absolute Gasteiger partial charge is 0.410 e. The average Bonchev–Trinajstić information content (AvgIpc) is 0.886. The van der Waals surface area contributed by atoms with E-state index in [1.54, 1.807) is 44.3 Å². The van der Waals surface area contributed by atoms with Gasteiger partial charge in [-0.3, -0.25) is 38.5 Å². The third kappa shape index (κ3) is 17.4. The summed E-state index contributed by atoms with van der Waals surface area (Å²) in [5.41, 5.74) is 15.6. The fraction of sp³-hybridized carbons (Fsp3) is 0.485. The number of anilines is 3. The van der Waals surface area contributed by atoms with Crippen LogP contribution in [-0.2, 0) is 64.9 Å². The number of urea groups is 1. The number of nitrogens with two attached hydrogens (primary N) is 2. The molecule has 4 aliphatic carbocycles. The van der Waals surface area contributed by atoms with Crippen molar-refractivity contribution in [2.24, 2.45) is 33.6 Å². The van der Waals surface area contributed by atoms with Gasteiger partial charge in [-0.15, -0.1) is 0 Å². The van der Waals surface area contributed by atoms with Gasteiger partial charge >= 0.3 is 24.1 Å². The lowest BCUT2D eigenvalue weighted by molar-refractivity contribution is -0.248. The van der Waals surface area contributed by atoms with E-state index in [0.29, 0.717) is 71.4 Å². The van der Waals surface area contributed by atoms with E-state index in [2.05, 4.69) is 45.4 Å². The maximum Gasteiger partial charge on any atom is 0.410 e. The van der Waals surface area contributed by atoms with E-state index < -0.39 is 93.8 Å². The predicted octanol–water partition coefficient (Wildman–Crippen LogP) is 7.24. The van der Waals surface area contributed by atoms with Crippen molar-refractivity contribution < 1.29 is 71.0 Å². The Bertz CT molecular complexity index is 4090. The highest BCUT2D eigenvalue weighted by Crippen LogP contribution is 2.72. The number of pyridine rings is 1. The number of carbonyl (C=O) groups excluding carboxylic acids is 6. The van der Waals surface area contributed by atoms with Crippen LogP contribution < -0.4 is 43.0 Å². The Balaban J connectivity index is 0.769. The van der Waals surface area contributed by atoms with E-state index in [4.69, 9.17) is 36.1 Å². The Morgan fingerprint density at radius 1 is 0.816 bits per heavy atom. The molecule has 5 atom stereocenters. The average molecular weight is 1390 g/mol. The summed E-state index contributed by atoms with van der Waals surface area (Å²) in [6.45, 7) is 10.6. The Morgan fingerprint density at radius 2 is 1.55 bits per heavy atom. The number of carbonyl (C=O) groups is 8. The summed E-state index contributed by atoms with van der Waals surface area (Å²) in [6.07, 6.45) is 6.10. The van der Waals surface area contributed by atoms with Crippen LogP contribution in [0.2, 0.25) is 0 Å². The Hall–Kier alpha value is -9.10. The number of carboxylic acid groups (broad SMARTS) is 2. The number of fused-ring (bicyclic) bond motifs is 2. The molecule has 11 rings (SSSR count). The van der Waals surface area contributed by atoms with Crippen LogP contribution in [0.1, 0.15) is 135 Å². The van der Waals surface area contributed by atoms with E-state index in [1.807, 2.05) is 59.0 Å². The second-order valence-electron chi connectivity index (χ2n) is 27.7. The lowest BCUT2D eigenvalue weighted by Gasteiger charge is -2.69. The second kappa shape index (κ2) is 29.5. The third-order valence-electron chi connectivity index (χ3n) is 19.1. The van der Waals surface area contributed by atoms with E-state index in [1.165, 1.54) is 28.4 Å². The van der Waals surface area contributed by atoms with Crippen molar-refractivity contribution >= 4 is 96.0 Å². The summed E-state index contributed by atoms with van der Waals surface area (Å²) in [6, 6.07) is 18.8. The Morgan fingerprint density at radius 3 is 2.23 bits per heavy atom. The fourth-order valence-electron chi connectivity index (χ4n) is 15.7. The quantitative estimate of drug-likeness (QED) is 0.0157. The highest BCUT2D eigenvalue weighted by Gasteiger charge is 2.66. The Kier molecular flexibility index (Phi) is 21.6. The fourth-order valence-corrected chi connectivity index (χ4v) is 17.0. The van der Waals surface area contributed by atoms with E-state index in [0.717, 1.165) is 59.1 Å². The minimum absolute atomic E-state index is 0.0211. The largest absolute Gasteiger partial charge is 0.481 e. The van der Waals surface area contributed by atoms with Gasteiger partial charge in [-0.1, -0.05) is 75.4 Å². The van der Waals surface area contributed by atoms with Crippen molar-refractivity contribution in [2.75, 3.05) is 54.1 Å². The van der Waals surface area contributed by atoms with Crippen LogP contribution in [-0.4, -0.2) is 158 Å². The SMILES string of the molecule is Cc1c(-c2ccc(N3CCc4cccc(C(=O)Nc5nc6ccccc6s5)c4C3)nc2C(=O)O)cnn1CC12CC3(C)CC(C)(C1)CC(OCCN(CCS(=O)(=O)O)C(=O)OCc1ccc(NC(=O)[C@H](CCCNC(N)=O)NC(=O)[C@@H](NC(=O)[C@@H](N)CCC(=O)O)C(C)C)cc1)(C3)C2. The first-order valence-electron chi connectivity index (χ1n) is 32.7. The number of thiazole rings is 1.